The summed E-state index contributed by atoms with van der Waals surface area (Å²) < 4.78 is 98.5. The number of rotatable bonds is 18. The van der Waals surface area contributed by atoms with E-state index >= 15 is 8.78 Å². The summed E-state index contributed by atoms with van der Waals surface area (Å²) in [6.07, 6.45) is 5.98. The van der Waals surface area contributed by atoms with E-state index in [9.17, 15) is 27.4 Å². The van der Waals surface area contributed by atoms with Crippen LogP contribution < -0.4 is 28.7 Å². The van der Waals surface area contributed by atoms with Crippen LogP contribution in [0.25, 0.3) is 0 Å². The molecule has 1 unspecified atom stereocenters. The Bertz CT molecular complexity index is 3290. The van der Waals surface area contributed by atoms with E-state index in [1.54, 1.807) is 53.4 Å². The van der Waals surface area contributed by atoms with Gasteiger partial charge in [0, 0.05) is 49.4 Å². The normalized spacial score (nSPS) is 15.2. The van der Waals surface area contributed by atoms with Crippen molar-refractivity contribution in [3.05, 3.63) is 154 Å². The average Bonchev–Trinajstić information content (AvgIpc) is 3.32. The number of benzene rings is 4. The third kappa shape index (κ3) is 11.8. The van der Waals surface area contributed by atoms with Crippen LogP contribution in [-0.2, 0) is 44.1 Å². The first kappa shape index (κ1) is 51.0. The van der Waals surface area contributed by atoms with E-state index in [4.69, 9.17) is 9.47 Å². The van der Waals surface area contributed by atoms with Gasteiger partial charge in [-0.25, -0.2) is 45.6 Å². The molecule has 0 spiro atoms. The van der Waals surface area contributed by atoms with Crippen LogP contribution in [0.2, 0.25) is 0 Å². The van der Waals surface area contributed by atoms with Gasteiger partial charge in [-0.15, -0.1) is 0 Å². The van der Waals surface area contributed by atoms with Gasteiger partial charge in [0.05, 0.1) is 45.9 Å². The topological polar surface area (TPSA) is 216 Å². The third-order valence-electron chi connectivity index (χ3n) is 13.1. The molecule has 4 heterocycles. The Kier molecular flexibility index (Phi) is 14.7. The van der Waals surface area contributed by atoms with E-state index in [0.717, 1.165) is 36.9 Å². The van der Waals surface area contributed by atoms with Gasteiger partial charge >= 0.3 is 0 Å². The molecule has 4 aromatic carbocycles. The SMILES string of the molecule is CC(C)(c1ccc(OCc2ccnc(NS(=O)(=O)CC3CCCN(c4c(F)cc(C(C)(C)c5ccc(OCc6ccnc(NS(C)(=O)=O)n6)cc5)cc4C#N)C3)n2)cc1)c1cc(F)c(N2CCC2)c(C#N)c1. The Balaban J connectivity index is 0.863. The van der Waals surface area contributed by atoms with Crippen LogP contribution in [0.5, 0.6) is 11.5 Å². The largest absolute Gasteiger partial charge is 0.487 e. The molecule has 374 valence electrons. The van der Waals surface area contributed by atoms with Crippen molar-refractivity contribution in [2.45, 2.75) is 71.0 Å². The minimum Gasteiger partial charge on any atom is -0.487 e. The summed E-state index contributed by atoms with van der Waals surface area (Å²) in [5, 5.41) is 20.1. The number of sulfonamides is 2. The zero-order chi connectivity index (χ0) is 51.4. The number of nitrogens with one attached hydrogen (secondary N) is 2. The Hall–Kier alpha value is -7.42. The van der Waals surface area contributed by atoms with Crippen molar-refractivity contribution >= 4 is 43.3 Å². The molecular weight excluding hydrogens is 963 g/mol. The van der Waals surface area contributed by atoms with Crippen molar-refractivity contribution in [3.8, 4) is 23.6 Å². The lowest BCUT2D eigenvalue weighted by atomic mass is 9.77. The Labute approximate surface area is 418 Å². The van der Waals surface area contributed by atoms with Crippen molar-refractivity contribution in [2.24, 2.45) is 5.92 Å². The molecule has 20 heteroatoms. The van der Waals surface area contributed by atoms with Crippen LogP contribution in [0.15, 0.2) is 97.3 Å². The van der Waals surface area contributed by atoms with Gasteiger partial charge in [-0.1, -0.05) is 52.0 Å². The van der Waals surface area contributed by atoms with Gasteiger partial charge in [0.25, 0.3) is 0 Å². The molecule has 8 rings (SSSR count). The van der Waals surface area contributed by atoms with E-state index in [1.807, 2.05) is 56.9 Å². The maximum atomic E-state index is 16.3. The lowest BCUT2D eigenvalue weighted by Crippen LogP contribution is -2.40. The summed E-state index contributed by atoms with van der Waals surface area (Å²) in [4.78, 5) is 20.2. The van der Waals surface area contributed by atoms with Gasteiger partial charge in [-0.2, -0.15) is 10.5 Å². The second kappa shape index (κ2) is 20.7. The van der Waals surface area contributed by atoms with Gasteiger partial charge in [-0.05, 0) is 108 Å². The van der Waals surface area contributed by atoms with Crippen LogP contribution in [0.3, 0.4) is 0 Å². The molecule has 6 aromatic rings. The number of halogens is 2. The van der Waals surface area contributed by atoms with E-state index in [2.05, 4.69) is 41.5 Å². The standard InChI is InChI=1S/C52H54F2N10O6S2/c1-51(2,39-24-35(28-55)47(45(53)26-39)63-22-7-23-63)37-9-15-44(16-10-37)70-32-42-18-20-58-50(60-42)62-72(67,68)33-34-8-6-21-64(30-34)48-36(29-56)25-40(27-46(48)54)52(3,4)38-11-13-43(14-12-38)69-31-41-17-19-57-49(59-41)61-71(5,65)66/h9-20,24-27,34H,6-8,21-23,30-33H2,1-5H3,(H,57,59,61)(H,58,60,62). The van der Waals surface area contributed by atoms with Crippen molar-refractivity contribution in [1.29, 1.82) is 10.5 Å². The highest BCUT2D eigenvalue weighted by Gasteiger charge is 2.32. The zero-order valence-electron chi connectivity index (χ0n) is 40.5. The molecule has 2 fully saturated rings. The molecule has 0 amide bonds. The second-order valence-corrected chi connectivity index (χ2v) is 22.6. The van der Waals surface area contributed by atoms with Crippen LogP contribution in [0.1, 0.15) is 91.7 Å². The van der Waals surface area contributed by atoms with Crippen LogP contribution in [-0.4, -0.2) is 75.0 Å². The van der Waals surface area contributed by atoms with Crippen LogP contribution >= 0.6 is 0 Å². The van der Waals surface area contributed by atoms with E-state index in [-0.39, 0.29) is 48.7 Å². The van der Waals surface area contributed by atoms with Crippen molar-refractivity contribution < 1.29 is 35.1 Å². The smallest absolute Gasteiger partial charge is 0.236 e. The zero-order valence-corrected chi connectivity index (χ0v) is 42.1. The molecule has 0 aliphatic carbocycles. The molecule has 1 atom stereocenters. The molecule has 2 aliphatic rings. The number of nitriles is 2. The predicted molar refractivity (Wildman–Crippen MR) is 270 cm³/mol. The molecule has 2 aromatic heterocycles. The van der Waals surface area contributed by atoms with Crippen molar-refractivity contribution in [1.82, 2.24) is 19.9 Å². The van der Waals surface area contributed by atoms with Crippen molar-refractivity contribution in [3.63, 3.8) is 0 Å². The summed E-state index contributed by atoms with van der Waals surface area (Å²) in [7, 11) is -7.52. The first-order valence-corrected chi connectivity index (χ1v) is 26.8. The molecular formula is C52H54F2N10O6S2. The lowest BCUT2D eigenvalue weighted by Gasteiger charge is -2.35. The first-order chi connectivity index (χ1) is 34.2. The number of hydrogen-bond acceptors (Lipinski definition) is 14. The molecule has 2 aliphatic heterocycles. The van der Waals surface area contributed by atoms with Crippen LogP contribution in [0.4, 0.5) is 32.1 Å². The second-order valence-electron chi connectivity index (χ2n) is 19.1. The number of aromatic nitrogens is 4. The highest BCUT2D eigenvalue weighted by atomic mass is 32.2. The molecule has 2 saturated heterocycles. The maximum Gasteiger partial charge on any atom is 0.236 e. The number of anilines is 4. The predicted octanol–water partition coefficient (Wildman–Crippen LogP) is 8.34. The number of nitrogens with zero attached hydrogens (tertiary/aromatic N) is 8. The first-order valence-electron chi connectivity index (χ1n) is 23.3. The molecule has 0 bridgehead atoms. The molecule has 16 nitrogen and oxygen atoms in total. The molecule has 72 heavy (non-hydrogen) atoms. The summed E-state index contributed by atoms with van der Waals surface area (Å²) in [6.45, 7) is 9.94. The summed E-state index contributed by atoms with van der Waals surface area (Å²) in [5.74, 6) is -0.805. The molecule has 0 saturated carbocycles. The average molecular weight is 1020 g/mol. The lowest BCUT2D eigenvalue weighted by molar-refractivity contribution is 0.301. The number of hydrogen-bond donors (Lipinski definition) is 2. The Morgan fingerprint density at radius 3 is 1.56 bits per heavy atom. The van der Waals surface area contributed by atoms with Gasteiger partial charge in [0.15, 0.2) is 0 Å². The number of piperidine rings is 1. The Morgan fingerprint density at radius 1 is 0.653 bits per heavy atom. The van der Waals surface area contributed by atoms with E-state index in [1.165, 1.54) is 24.5 Å². The van der Waals surface area contributed by atoms with Gasteiger partial charge in [-0.3, -0.25) is 9.44 Å². The minimum absolute atomic E-state index is 0.0138. The fraction of sp³-hybridized carbons (Fsp3) is 0.346. The minimum atomic E-state index is -3.97. The monoisotopic (exact) mass is 1020 g/mol. The summed E-state index contributed by atoms with van der Waals surface area (Å²) in [5.41, 5.74) is 3.41. The van der Waals surface area contributed by atoms with Gasteiger partial charge in [0.2, 0.25) is 31.9 Å². The number of ether oxygens (including phenoxy) is 2. The van der Waals surface area contributed by atoms with E-state index < -0.39 is 48.4 Å². The van der Waals surface area contributed by atoms with Gasteiger partial charge < -0.3 is 19.3 Å². The van der Waals surface area contributed by atoms with E-state index in [0.29, 0.717) is 64.7 Å². The van der Waals surface area contributed by atoms with Crippen molar-refractivity contribution in [2.75, 3.05) is 57.4 Å². The molecule has 0 radical (unpaired) electrons. The fourth-order valence-electron chi connectivity index (χ4n) is 8.97. The van der Waals surface area contributed by atoms with Crippen LogP contribution in [0, 0.1) is 40.2 Å². The third-order valence-corrected chi connectivity index (χ3v) is 15.1. The maximum absolute atomic E-state index is 16.3. The summed E-state index contributed by atoms with van der Waals surface area (Å²) >= 11 is 0. The highest BCUT2D eigenvalue weighted by Crippen LogP contribution is 2.40. The molecule has 2 N–H and O–H groups in total. The van der Waals surface area contributed by atoms with Gasteiger partial charge in [0.1, 0.15) is 48.5 Å². The summed E-state index contributed by atoms with van der Waals surface area (Å²) in [6, 6.07) is 28.5. The highest BCUT2D eigenvalue weighted by molar-refractivity contribution is 7.92. The fourth-order valence-corrected chi connectivity index (χ4v) is 10.8. The Morgan fingerprint density at radius 2 is 1.11 bits per heavy atom. The quantitative estimate of drug-likeness (QED) is 0.0828.